The molecule has 0 amide bonds. The summed E-state index contributed by atoms with van der Waals surface area (Å²) < 4.78 is 11.4. The molecule has 0 radical (unpaired) electrons. The molecule has 0 fully saturated rings. The Balaban J connectivity index is 2.43. The maximum absolute atomic E-state index is 11.8. The first-order chi connectivity index (χ1) is 11.8. The monoisotopic (exact) mass is 362 g/mol. The van der Waals surface area contributed by atoms with Gasteiger partial charge in [0.1, 0.15) is 17.1 Å². The fourth-order valence-electron chi connectivity index (χ4n) is 3.75. The molecular formula is C22H34O4. The van der Waals surface area contributed by atoms with Crippen LogP contribution in [0.15, 0.2) is 6.07 Å². The summed E-state index contributed by atoms with van der Waals surface area (Å²) in [5.41, 5.74) is 2.07. The van der Waals surface area contributed by atoms with E-state index in [-0.39, 0.29) is 16.8 Å². The first kappa shape index (κ1) is 20.6. The van der Waals surface area contributed by atoms with E-state index in [4.69, 9.17) is 9.47 Å². The zero-order chi connectivity index (χ0) is 19.9. The third-order valence-electron chi connectivity index (χ3n) is 4.99. The van der Waals surface area contributed by atoms with Crippen molar-refractivity contribution in [2.24, 2.45) is 0 Å². The number of phenols is 1. The summed E-state index contributed by atoms with van der Waals surface area (Å²) in [6.45, 7) is 16.9. The van der Waals surface area contributed by atoms with Crippen molar-refractivity contribution in [3.63, 3.8) is 0 Å². The highest BCUT2D eigenvalue weighted by Crippen LogP contribution is 2.50. The van der Waals surface area contributed by atoms with Crippen LogP contribution in [0.25, 0.3) is 0 Å². The topological polar surface area (TPSA) is 55.8 Å². The Labute approximate surface area is 157 Å². The van der Waals surface area contributed by atoms with Crippen LogP contribution >= 0.6 is 0 Å². The normalized spacial score (nSPS) is 19.8. The molecule has 0 aromatic heterocycles. The zero-order valence-corrected chi connectivity index (χ0v) is 17.6. The summed E-state index contributed by atoms with van der Waals surface area (Å²) in [7, 11) is 0. The standard InChI is InChI=1S/C22H34O4/c1-9-25-17(23)10-11-22(8)13-14-16(26-22)12-15(20(2,3)4)19(24)18(14)21(5,6)7/h12,24H,9-11,13H2,1-8H3. The summed E-state index contributed by atoms with van der Waals surface area (Å²) in [6, 6.07) is 1.98. The van der Waals surface area contributed by atoms with Gasteiger partial charge in [-0.3, -0.25) is 4.79 Å². The van der Waals surface area contributed by atoms with E-state index >= 15 is 0 Å². The van der Waals surface area contributed by atoms with Gasteiger partial charge < -0.3 is 14.6 Å². The molecule has 26 heavy (non-hydrogen) atoms. The minimum atomic E-state index is -0.460. The highest BCUT2D eigenvalue weighted by atomic mass is 16.5. The van der Waals surface area contributed by atoms with Gasteiger partial charge >= 0.3 is 5.97 Å². The Kier molecular flexibility index (Phi) is 5.38. The number of phenolic OH excluding ortho intramolecular Hbond substituents is 1. The van der Waals surface area contributed by atoms with Gasteiger partial charge in [0.2, 0.25) is 0 Å². The van der Waals surface area contributed by atoms with Crippen LogP contribution in [0.2, 0.25) is 0 Å². The molecule has 1 aliphatic heterocycles. The van der Waals surface area contributed by atoms with Crippen LogP contribution in [0.4, 0.5) is 0 Å². The fourth-order valence-corrected chi connectivity index (χ4v) is 3.75. The van der Waals surface area contributed by atoms with Crippen molar-refractivity contribution >= 4 is 5.97 Å². The first-order valence-corrected chi connectivity index (χ1v) is 9.53. The van der Waals surface area contributed by atoms with Gasteiger partial charge in [-0.25, -0.2) is 0 Å². The molecule has 4 heteroatoms. The Hall–Kier alpha value is -1.71. The summed E-state index contributed by atoms with van der Waals surface area (Å²) in [5, 5.41) is 11.1. The molecule has 1 unspecified atom stereocenters. The lowest BCUT2D eigenvalue weighted by atomic mass is 9.76. The van der Waals surface area contributed by atoms with E-state index in [1.165, 1.54) is 0 Å². The zero-order valence-electron chi connectivity index (χ0n) is 17.6. The van der Waals surface area contributed by atoms with Gasteiger partial charge in [0.25, 0.3) is 0 Å². The van der Waals surface area contributed by atoms with Gasteiger partial charge in [-0.1, -0.05) is 41.5 Å². The molecule has 1 N–H and O–H groups in total. The molecule has 1 aromatic rings. The van der Waals surface area contributed by atoms with Crippen molar-refractivity contribution < 1.29 is 19.4 Å². The average molecular weight is 363 g/mol. The van der Waals surface area contributed by atoms with E-state index in [0.717, 1.165) is 22.4 Å². The minimum absolute atomic E-state index is 0.188. The summed E-state index contributed by atoms with van der Waals surface area (Å²) in [4.78, 5) is 11.8. The number of rotatable bonds is 4. The molecule has 0 saturated carbocycles. The van der Waals surface area contributed by atoms with E-state index in [2.05, 4.69) is 41.5 Å². The number of carbonyl (C=O) groups excluding carboxylic acids is 1. The predicted octanol–water partition coefficient (Wildman–Crippen LogP) is 5.02. The third kappa shape index (κ3) is 4.16. The summed E-state index contributed by atoms with van der Waals surface area (Å²) >= 11 is 0. The van der Waals surface area contributed by atoms with Gasteiger partial charge in [-0.2, -0.15) is 0 Å². The van der Waals surface area contributed by atoms with Crippen molar-refractivity contribution in [2.75, 3.05) is 6.61 Å². The number of aromatic hydroxyl groups is 1. The number of hydrogen-bond donors (Lipinski definition) is 1. The smallest absolute Gasteiger partial charge is 0.305 e. The van der Waals surface area contributed by atoms with Crippen LogP contribution < -0.4 is 4.74 Å². The average Bonchev–Trinajstić information content (AvgIpc) is 2.78. The van der Waals surface area contributed by atoms with E-state index in [0.29, 0.717) is 31.6 Å². The van der Waals surface area contributed by atoms with Crippen LogP contribution in [-0.2, 0) is 26.8 Å². The predicted molar refractivity (Wildman–Crippen MR) is 104 cm³/mol. The molecule has 1 aliphatic rings. The van der Waals surface area contributed by atoms with Gasteiger partial charge in [-0.05, 0) is 37.2 Å². The van der Waals surface area contributed by atoms with Gasteiger partial charge in [-0.15, -0.1) is 0 Å². The number of ether oxygens (including phenoxy) is 2. The largest absolute Gasteiger partial charge is 0.507 e. The Morgan fingerprint density at radius 2 is 1.85 bits per heavy atom. The molecule has 4 nitrogen and oxygen atoms in total. The lowest BCUT2D eigenvalue weighted by molar-refractivity contribution is -0.144. The molecule has 146 valence electrons. The number of fused-ring (bicyclic) bond motifs is 1. The molecule has 0 spiro atoms. The van der Waals surface area contributed by atoms with E-state index in [1.807, 2.05) is 19.9 Å². The quantitative estimate of drug-likeness (QED) is 0.764. The van der Waals surface area contributed by atoms with Crippen LogP contribution in [0.5, 0.6) is 11.5 Å². The highest BCUT2D eigenvalue weighted by Gasteiger charge is 2.41. The molecular weight excluding hydrogens is 328 g/mol. The Morgan fingerprint density at radius 3 is 2.35 bits per heavy atom. The second-order valence-corrected chi connectivity index (χ2v) is 9.66. The molecule has 0 saturated heterocycles. The molecule has 0 aliphatic carbocycles. The maximum Gasteiger partial charge on any atom is 0.305 e. The van der Waals surface area contributed by atoms with E-state index in [1.54, 1.807) is 0 Å². The number of hydrogen-bond acceptors (Lipinski definition) is 4. The lowest BCUT2D eigenvalue weighted by Crippen LogP contribution is -2.31. The molecule has 1 atom stereocenters. The number of benzene rings is 1. The Bertz CT molecular complexity index is 692. The van der Waals surface area contributed by atoms with Gasteiger partial charge in [0.15, 0.2) is 0 Å². The molecule has 2 rings (SSSR count). The van der Waals surface area contributed by atoms with Crippen molar-refractivity contribution in [2.45, 2.75) is 91.1 Å². The van der Waals surface area contributed by atoms with Crippen LogP contribution in [0, 0.1) is 0 Å². The molecule has 1 heterocycles. The fraction of sp³-hybridized carbons (Fsp3) is 0.682. The van der Waals surface area contributed by atoms with Crippen LogP contribution in [0.3, 0.4) is 0 Å². The lowest BCUT2D eigenvalue weighted by Gasteiger charge is -2.29. The SMILES string of the molecule is CCOC(=O)CCC1(C)Cc2c(cc(C(C)(C)C)c(O)c2C(C)(C)C)O1. The summed E-state index contributed by atoms with van der Waals surface area (Å²) in [5.74, 6) is 1.02. The first-order valence-electron chi connectivity index (χ1n) is 9.53. The third-order valence-corrected chi connectivity index (χ3v) is 4.99. The maximum atomic E-state index is 11.8. The molecule has 1 aromatic carbocycles. The van der Waals surface area contributed by atoms with Crippen molar-refractivity contribution in [3.8, 4) is 11.5 Å². The number of carbonyl (C=O) groups is 1. The molecule has 0 bridgehead atoms. The van der Waals surface area contributed by atoms with Gasteiger partial charge in [0, 0.05) is 29.5 Å². The van der Waals surface area contributed by atoms with E-state index in [9.17, 15) is 9.90 Å². The van der Waals surface area contributed by atoms with Gasteiger partial charge in [0.05, 0.1) is 6.61 Å². The number of esters is 1. The van der Waals surface area contributed by atoms with Crippen LogP contribution in [0.1, 0.15) is 84.9 Å². The minimum Gasteiger partial charge on any atom is -0.507 e. The van der Waals surface area contributed by atoms with Crippen molar-refractivity contribution in [1.82, 2.24) is 0 Å². The Morgan fingerprint density at radius 1 is 1.23 bits per heavy atom. The van der Waals surface area contributed by atoms with Crippen molar-refractivity contribution in [1.29, 1.82) is 0 Å². The van der Waals surface area contributed by atoms with Crippen LogP contribution in [-0.4, -0.2) is 23.3 Å². The van der Waals surface area contributed by atoms with E-state index < -0.39 is 5.60 Å². The highest BCUT2D eigenvalue weighted by molar-refractivity contribution is 5.69. The van der Waals surface area contributed by atoms with Crippen molar-refractivity contribution in [3.05, 3.63) is 22.8 Å². The second kappa shape index (κ2) is 6.79. The second-order valence-electron chi connectivity index (χ2n) is 9.66. The summed E-state index contributed by atoms with van der Waals surface area (Å²) in [6.07, 6.45) is 1.61.